The van der Waals surface area contributed by atoms with Crippen LogP contribution in [0.5, 0.6) is 11.5 Å². The maximum Gasteiger partial charge on any atom is 0.323 e. The predicted octanol–water partition coefficient (Wildman–Crippen LogP) is 7.39. The van der Waals surface area contributed by atoms with E-state index in [4.69, 9.17) is 14.2 Å². The van der Waals surface area contributed by atoms with Gasteiger partial charge in [-0.05, 0) is 96.9 Å². The zero-order valence-corrected chi connectivity index (χ0v) is 29.8. The first-order valence-electron chi connectivity index (χ1n) is 16.1. The van der Waals surface area contributed by atoms with Gasteiger partial charge in [0.1, 0.15) is 23.6 Å². The molecule has 2 aromatic carbocycles. The second-order valence-electron chi connectivity index (χ2n) is 12.8. The van der Waals surface area contributed by atoms with Gasteiger partial charge in [-0.3, -0.25) is 14.2 Å². The standard InChI is InChI=1S/C35H55N2O7P/c1-11-15-42-34(39)32(23(5)6)36-45(41,37-33(24(7)8)35(40)43-16-12-2)21-44-28-17-25(9)30(26(10)18-28)20-27-13-14-31(38)29(19-27)22(3)4/h13-14,17-19,22-24,32-33,38H,11-12,15-16,20-21H2,1-10H3,(H2,36,37,41)/t32-,33-/m0/s1. The van der Waals surface area contributed by atoms with Crippen molar-refractivity contribution in [3.05, 3.63) is 58.1 Å². The Kier molecular flexibility index (Phi) is 15.1. The third-order valence-electron chi connectivity index (χ3n) is 7.61. The predicted molar refractivity (Wildman–Crippen MR) is 180 cm³/mol. The minimum atomic E-state index is -3.74. The van der Waals surface area contributed by atoms with E-state index in [0.29, 0.717) is 30.8 Å². The molecule has 2 atom stereocenters. The van der Waals surface area contributed by atoms with Crippen LogP contribution >= 0.6 is 7.44 Å². The maximum absolute atomic E-state index is 14.6. The van der Waals surface area contributed by atoms with E-state index in [1.165, 1.54) is 0 Å². The van der Waals surface area contributed by atoms with Crippen molar-refractivity contribution in [2.24, 2.45) is 11.8 Å². The number of phenols is 1. The van der Waals surface area contributed by atoms with Crippen LogP contribution in [0.2, 0.25) is 0 Å². The highest BCUT2D eigenvalue weighted by Gasteiger charge is 2.38. The van der Waals surface area contributed by atoms with Crippen molar-refractivity contribution >= 4 is 19.4 Å². The number of carbonyl (C=O) groups excluding carboxylic acids is 2. The first-order chi connectivity index (χ1) is 21.1. The van der Waals surface area contributed by atoms with Gasteiger partial charge in [0.05, 0.1) is 13.2 Å². The Morgan fingerprint density at radius 3 is 1.73 bits per heavy atom. The number of hydrogen-bond donors (Lipinski definition) is 3. The van der Waals surface area contributed by atoms with E-state index >= 15 is 0 Å². The smallest absolute Gasteiger partial charge is 0.323 e. The van der Waals surface area contributed by atoms with Crippen LogP contribution in [-0.4, -0.2) is 48.7 Å². The monoisotopic (exact) mass is 646 g/mol. The van der Waals surface area contributed by atoms with Crippen molar-refractivity contribution in [1.29, 1.82) is 0 Å². The van der Waals surface area contributed by atoms with Crippen molar-refractivity contribution < 1.29 is 33.5 Å². The molecule has 3 N–H and O–H groups in total. The summed E-state index contributed by atoms with van der Waals surface area (Å²) in [4.78, 5) is 25.9. The van der Waals surface area contributed by atoms with Gasteiger partial charge in [-0.2, -0.15) is 0 Å². The number of aromatic hydroxyl groups is 1. The van der Waals surface area contributed by atoms with Crippen LogP contribution in [0.4, 0.5) is 0 Å². The first-order valence-corrected chi connectivity index (χ1v) is 18.0. The highest BCUT2D eigenvalue weighted by atomic mass is 31.2. The molecule has 0 amide bonds. The zero-order valence-electron chi connectivity index (χ0n) is 28.9. The molecule has 252 valence electrons. The Bertz CT molecular complexity index is 1260. The second kappa shape index (κ2) is 17.7. The number of benzene rings is 2. The van der Waals surface area contributed by atoms with E-state index in [-0.39, 0.29) is 37.3 Å². The van der Waals surface area contributed by atoms with Crippen molar-refractivity contribution in [3.63, 3.8) is 0 Å². The SMILES string of the molecule is CCCOC(=O)[C@@H](NP(=O)(COc1cc(C)c(Cc2ccc(O)c(C(C)C)c2)c(C)c1)N[C@H](C(=O)OCCC)C(C)C)C(C)C. The van der Waals surface area contributed by atoms with E-state index < -0.39 is 31.5 Å². The van der Waals surface area contributed by atoms with Gasteiger partial charge in [-0.15, -0.1) is 0 Å². The van der Waals surface area contributed by atoms with Gasteiger partial charge in [0, 0.05) is 0 Å². The third-order valence-corrected chi connectivity index (χ3v) is 9.49. The van der Waals surface area contributed by atoms with Crippen molar-refractivity contribution in [2.75, 3.05) is 19.6 Å². The van der Waals surface area contributed by atoms with E-state index in [2.05, 4.69) is 24.0 Å². The van der Waals surface area contributed by atoms with Crippen LogP contribution in [0, 0.1) is 25.7 Å². The van der Waals surface area contributed by atoms with Gasteiger partial charge in [-0.25, -0.2) is 10.2 Å². The molecule has 2 aromatic rings. The number of hydrogen-bond acceptors (Lipinski definition) is 7. The molecule has 0 heterocycles. The second-order valence-corrected chi connectivity index (χ2v) is 15.1. The fourth-order valence-corrected chi connectivity index (χ4v) is 7.22. The summed E-state index contributed by atoms with van der Waals surface area (Å²) in [6.07, 6.45) is 1.70. The third kappa shape index (κ3) is 11.5. The lowest BCUT2D eigenvalue weighted by Crippen LogP contribution is -2.48. The first kappa shape index (κ1) is 38.3. The molecule has 0 unspecified atom stereocenters. The Morgan fingerprint density at radius 2 is 1.31 bits per heavy atom. The van der Waals surface area contributed by atoms with E-state index in [1.54, 1.807) is 6.07 Å². The summed E-state index contributed by atoms with van der Waals surface area (Å²) in [6.45, 7) is 19.8. The van der Waals surface area contributed by atoms with Crippen LogP contribution in [0.15, 0.2) is 30.3 Å². The minimum absolute atomic E-state index is 0.202. The fourth-order valence-electron chi connectivity index (χ4n) is 4.96. The van der Waals surface area contributed by atoms with Crippen molar-refractivity contribution in [1.82, 2.24) is 10.2 Å². The lowest BCUT2D eigenvalue weighted by molar-refractivity contribution is -0.147. The van der Waals surface area contributed by atoms with Crippen LogP contribution in [0.1, 0.15) is 102 Å². The largest absolute Gasteiger partial charge is 0.508 e. The van der Waals surface area contributed by atoms with Gasteiger partial charge >= 0.3 is 11.9 Å². The molecule has 0 saturated carbocycles. The molecule has 2 rings (SSSR count). The Morgan fingerprint density at radius 1 is 0.822 bits per heavy atom. The van der Waals surface area contributed by atoms with E-state index in [0.717, 1.165) is 27.8 Å². The number of aryl methyl sites for hydroxylation is 2. The number of ether oxygens (including phenoxy) is 3. The number of esters is 2. The van der Waals surface area contributed by atoms with E-state index in [1.807, 2.05) is 79.7 Å². The summed E-state index contributed by atoms with van der Waals surface area (Å²) < 4.78 is 31.5. The van der Waals surface area contributed by atoms with Crippen LogP contribution < -0.4 is 14.9 Å². The van der Waals surface area contributed by atoms with Crippen LogP contribution in [0.25, 0.3) is 0 Å². The summed E-state index contributed by atoms with van der Waals surface area (Å²) in [6, 6.07) is 7.77. The Balaban J connectivity index is 2.39. The van der Waals surface area contributed by atoms with Crippen molar-refractivity contribution in [3.8, 4) is 11.5 Å². The molecule has 10 heteroatoms. The topological polar surface area (TPSA) is 123 Å². The quantitative estimate of drug-likeness (QED) is 0.112. The molecule has 9 nitrogen and oxygen atoms in total. The summed E-state index contributed by atoms with van der Waals surface area (Å²) in [5, 5.41) is 16.3. The Labute approximate surface area is 270 Å². The van der Waals surface area contributed by atoms with Crippen LogP contribution in [0.3, 0.4) is 0 Å². The maximum atomic E-state index is 14.6. The normalized spacial score (nSPS) is 13.3. The number of nitrogens with one attached hydrogen (secondary N) is 2. The molecule has 0 aliphatic carbocycles. The molecule has 0 aliphatic rings. The highest BCUT2D eigenvalue weighted by Crippen LogP contribution is 2.40. The molecule has 45 heavy (non-hydrogen) atoms. The molecular formula is C35H55N2O7P. The van der Waals surface area contributed by atoms with E-state index in [9.17, 15) is 19.3 Å². The van der Waals surface area contributed by atoms with Crippen molar-refractivity contribution in [2.45, 2.75) is 107 Å². The van der Waals surface area contributed by atoms with Gasteiger partial charge < -0.3 is 19.3 Å². The molecule has 0 spiro atoms. The van der Waals surface area contributed by atoms with Gasteiger partial charge in [-0.1, -0.05) is 67.5 Å². The Hall–Kier alpha value is -2.87. The van der Waals surface area contributed by atoms with Crippen LogP contribution in [-0.2, 0) is 30.0 Å². The average Bonchev–Trinajstić information content (AvgIpc) is 2.97. The van der Waals surface area contributed by atoms with Gasteiger partial charge in [0.15, 0.2) is 6.35 Å². The number of phenolic OH excluding ortho intramolecular Hbond substituents is 1. The van der Waals surface area contributed by atoms with Gasteiger partial charge in [0.2, 0.25) is 7.44 Å². The molecule has 0 radical (unpaired) electrons. The number of carbonyl (C=O) groups is 2. The zero-order chi connectivity index (χ0) is 33.9. The number of rotatable bonds is 18. The molecule has 0 saturated heterocycles. The summed E-state index contributed by atoms with van der Waals surface area (Å²) in [5.41, 5.74) is 5.16. The van der Waals surface area contributed by atoms with Gasteiger partial charge in [0.25, 0.3) is 0 Å². The lowest BCUT2D eigenvalue weighted by Gasteiger charge is -2.31. The highest BCUT2D eigenvalue weighted by molar-refractivity contribution is 7.59. The molecule has 0 aromatic heterocycles. The summed E-state index contributed by atoms with van der Waals surface area (Å²) >= 11 is 0. The molecule has 0 fully saturated rings. The molecular weight excluding hydrogens is 591 g/mol. The molecule has 0 bridgehead atoms. The molecule has 0 aliphatic heterocycles. The minimum Gasteiger partial charge on any atom is -0.508 e. The summed E-state index contributed by atoms with van der Waals surface area (Å²) in [7, 11) is -3.74. The average molecular weight is 647 g/mol. The summed E-state index contributed by atoms with van der Waals surface area (Å²) in [5.74, 6) is -0.468. The fraction of sp³-hybridized carbons (Fsp3) is 0.600. The lowest BCUT2D eigenvalue weighted by atomic mass is 9.93.